The van der Waals surface area contributed by atoms with Gasteiger partial charge in [-0.2, -0.15) is 0 Å². The van der Waals surface area contributed by atoms with Gasteiger partial charge in [-0.25, -0.2) is 17.4 Å². The van der Waals surface area contributed by atoms with Crippen LogP contribution in [0.25, 0.3) is 10.8 Å². The quantitative estimate of drug-likeness (QED) is 0.203. The van der Waals surface area contributed by atoms with Gasteiger partial charge in [-0.3, -0.25) is 0 Å². The summed E-state index contributed by atoms with van der Waals surface area (Å²) in [5, 5.41) is 14.9. The molecule has 0 radical (unpaired) electrons. The Balaban J connectivity index is 0.000000456. The van der Waals surface area contributed by atoms with Crippen molar-refractivity contribution in [3.63, 3.8) is 0 Å². The molecule has 2 aliphatic heterocycles. The zero-order chi connectivity index (χ0) is 25.1. The van der Waals surface area contributed by atoms with Crippen molar-refractivity contribution >= 4 is 56.5 Å². The van der Waals surface area contributed by atoms with Gasteiger partial charge in [-0.15, -0.1) is 13.3 Å². The number of fused-ring (bicyclic) bond motifs is 2. The van der Waals surface area contributed by atoms with E-state index >= 15 is 0 Å². The molecular weight excluding hydrogens is 535 g/mol. The van der Waals surface area contributed by atoms with Crippen LogP contribution in [-0.2, 0) is 17.3 Å². The molecule has 0 amide bonds. The fourth-order valence-electron chi connectivity index (χ4n) is 3.57. The van der Waals surface area contributed by atoms with Crippen LogP contribution in [0, 0.1) is 13.3 Å². The summed E-state index contributed by atoms with van der Waals surface area (Å²) in [4.78, 5) is 13.4. The third-order valence-corrected chi connectivity index (χ3v) is 4.83. The predicted molar refractivity (Wildman–Crippen MR) is 143 cm³/mol. The normalized spacial score (nSPS) is 12.8. The number of rotatable bonds is 2. The van der Waals surface area contributed by atoms with Gasteiger partial charge in [0.05, 0.1) is 0 Å². The first kappa shape index (κ1) is 27.3. The molecule has 0 fully saturated rings. The zero-order valence-corrected chi connectivity index (χ0v) is 22.0. The summed E-state index contributed by atoms with van der Waals surface area (Å²) < 4.78 is 0. The zero-order valence-electron chi connectivity index (χ0n) is 19.5. The van der Waals surface area contributed by atoms with Crippen molar-refractivity contribution < 1.29 is 17.3 Å². The van der Waals surface area contributed by atoms with Crippen molar-refractivity contribution in [2.24, 2.45) is 0 Å². The molecule has 34 heavy (non-hydrogen) atoms. The monoisotopic (exact) mass is 562 g/mol. The number of halogens is 1. The number of benzene rings is 2. The van der Waals surface area contributed by atoms with Crippen LogP contribution in [0.15, 0.2) is 66.7 Å². The number of para-hydroxylation sites is 4. The Morgan fingerprint density at radius 3 is 1.35 bits per heavy atom. The van der Waals surface area contributed by atoms with Crippen LogP contribution in [0.4, 0.5) is 34.4 Å². The second-order valence-corrected chi connectivity index (χ2v) is 7.04. The number of hydrogen-bond donors (Lipinski definition) is 0. The van der Waals surface area contributed by atoms with Gasteiger partial charge in [-0.1, -0.05) is 44.2 Å². The summed E-state index contributed by atoms with van der Waals surface area (Å²) in [6, 6.07) is 22.9. The molecule has 0 N–H and O–H groups in total. The van der Waals surface area contributed by atoms with Gasteiger partial charge >= 0.3 is 27.0 Å². The van der Waals surface area contributed by atoms with Gasteiger partial charge in [0.15, 0.2) is 0 Å². The maximum absolute atomic E-state index is 7.44. The van der Waals surface area contributed by atoms with Crippen LogP contribution in [0.2, 0.25) is 0 Å². The Bertz CT molecular complexity index is 998. The molecule has 9 heteroatoms. The molecule has 0 saturated carbocycles. The van der Waals surface area contributed by atoms with Crippen LogP contribution < -0.4 is 19.6 Å². The first-order chi connectivity index (χ1) is 16.5. The number of anilines is 6. The fraction of sp³-hybridized carbons (Fsp3) is 0.160. The summed E-state index contributed by atoms with van der Waals surface area (Å²) in [6.07, 6.45) is 2.00. The van der Waals surface area contributed by atoms with Crippen molar-refractivity contribution in [1.29, 1.82) is 0 Å². The Morgan fingerprint density at radius 2 is 1.00 bits per heavy atom. The SMILES string of the molecule is CC=[N-].CC=[N-].CN1[CH-]N(c2cccc(N3[CH-]N(C)c4ccccc43)n2)c2ccccc21.[Cl][Ru]. The molecule has 0 aliphatic carbocycles. The van der Waals surface area contributed by atoms with Gasteiger partial charge < -0.3 is 30.4 Å². The standard InChI is InChI=1S/C21H19N5.2C2H4N.ClH.Ru/c1-23-14-25(18-10-5-3-8-16(18)23)20-12-7-13-21(22-20)26-15-24(2)17-9-4-6-11-19(17)26;2*1-2-3;;/h3-15H,1-2H3;2*2H,1H3;1H;/q-2;2*-1;;+1/p-1. The van der Waals surface area contributed by atoms with Crippen molar-refractivity contribution in [2.75, 3.05) is 33.7 Å². The van der Waals surface area contributed by atoms with Crippen LogP contribution in [0.3, 0.4) is 0 Å². The number of pyridine rings is 1. The van der Waals surface area contributed by atoms with E-state index in [0.717, 1.165) is 35.4 Å². The second kappa shape index (κ2) is 13.7. The molecule has 0 spiro atoms. The van der Waals surface area contributed by atoms with Gasteiger partial charge in [-0.05, 0) is 50.5 Å². The molecular formula is C25H27ClN7Ru-4. The third kappa shape index (κ3) is 6.13. The summed E-state index contributed by atoms with van der Waals surface area (Å²) in [6.45, 7) is 7.26. The summed E-state index contributed by atoms with van der Waals surface area (Å²) >= 11 is 1.82. The molecule has 5 rings (SSSR count). The van der Waals surface area contributed by atoms with Gasteiger partial charge in [0.1, 0.15) is 11.6 Å². The van der Waals surface area contributed by atoms with Gasteiger partial charge in [0, 0.05) is 22.7 Å². The Hall–Kier alpha value is -2.96. The average Bonchev–Trinajstić information content (AvgIpc) is 3.39. The molecule has 0 unspecified atom stereocenters. The van der Waals surface area contributed by atoms with Crippen molar-refractivity contribution in [3.8, 4) is 0 Å². The summed E-state index contributed by atoms with van der Waals surface area (Å²) in [7, 11) is 8.68. The Labute approximate surface area is 216 Å². The molecule has 2 aromatic carbocycles. The topological polar surface area (TPSA) is 70.5 Å². The summed E-state index contributed by atoms with van der Waals surface area (Å²) in [5.41, 5.74) is 4.64. The minimum atomic E-state index is 0.903. The van der Waals surface area contributed by atoms with Crippen LogP contribution >= 0.6 is 9.69 Å². The Kier molecular flexibility index (Phi) is 11.0. The van der Waals surface area contributed by atoms with Gasteiger partial charge in [0.25, 0.3) is 0 Å². The third-order valence-electron chi connectivity index (χ3n) is 4.83. The second-order valence-electron chi connectivity index (χ2n) is 7.04. The molecule has 7 nitrogen and oxygen atoms in total. The number of hydrogen-bond acceptors (Lipinski definition) is 5. The van der Waals surface area contributed by atoms with E-state index in [-0.39, 0.29) is 0 Å². The predicted octanol–water partition coefficient (Wildman–Crippen LogP) is 6.48. The fourth-order valence-corrected chi connectivity index (χ4v) is 3.57. The van der Waals surface area contributed by atoms with Crippen molar-refractivity contribution in [1.82, 2.24) is 4.98 Å². The maximum atomic E-state index is 7.44. The molecule has 3 heterocycles. The molecule has 0 saturated heterocycles. The van der Waals surface area contributed by atoms with E-state index in [1.54, 1.807) is 13.8 Å². The van der Waals surface area contributed by atoms with E-state index in [1.165, 1.54) is 11.4 Å². The Morgan fingerprint density at radius 1 is 0.676 bits per heavy atom. The van der Waals surface area contributed by atoms with E-state index in [1.807, 2.05) is 29.4 Å². The van der Waals surface area contributed by atoms with E-state index in [4.69, 9.17) is 15.8 Å². The van der Waals surface area contributed by atoms with Crippen LogP contribution in [0.5, 0.6) is 0 Å². The average molecular weight is 562 g/mol. The summed E-state index contributed by atoms with van der Waals surface area (Å²) in [5.74, 6) is 1.81. The van der Waals surface area contributed by atoms with E-state index in [0.29, 0.717) is 0 Å². The van der Waals surface area contributed by atoms with E-state index in [2.05, 4.69) is 111 Å². The number of nitrogens with zero attached hydrogens (tertiary/aromatic N) is 7. The molecule has 1 aromatic heterocycles. The molecule has 0 bridgehead atoms. The molecule has 2 aliphatic rings. The van der Waals surface area contributed by atoms with Crippen LogP contribution in [-0.4, -0.2) is 31.5 Å². The van der Waals surface area contributed by atoms with E-state index in [9.17, 15) is 0 Å². The first-order valence-electron chi connectivity index (χ1n) is 10.4. The van der Waals surface area contributed by atoms with E-state index < -0.39 is 0 Å². The minimum absolute atomic E-state index is 0.903. The molecule has 181 valence electrons. The molecule has 0 atom stereocenters. The van der Waals surface area contributed by atoms with Gasteiger partial charge in [0.2, 0.25) is 0 Å². The first-order valence-corrected chi connectivity index (χ1v) is 12.7. The van der Waals surface area contributed by atoms with Crippen molar-refractivity contribution in [2.45, 2.75) is 13.8 Å². The number of aromatic nitrogens is 1. The molecule has 3 aromatic rings. The van der Waals surface area contributed by atoms with Crippen LogP contribution in [0.1, 0.15) is 13.8 Å². The van der Waals surface area contributed by atoms with Crippen molar-refractivity contribution in [3.05, 3.63) is 90.9 Å².